The maximum atomic E-state index is 11.8. The van der Waals surface area contributed by atoms with E-state index in [-0.39, 0.29) is 17.7 Å². The number of imidazole rings is 1. The molecule has 1 aliphatic carbocycles. The number of amides is 1. The van der Waals surface area contributed by atoms with Crippen molar-refractivity contribution in [2.24, 2.45) is 11.8 Å². The Morgan fingerprint density at radius 2 is 2.22 bits per heavy atom. The number of nitrogens with zero attached hydrogens (tertiary/aromatic N) is 1. The molecule has 6 nitrogen and oxygen atoms in total. The second kappa shape index (κ2) is 5.66. The molecule has 0 saturated heterocycles. The molecule has 3 N–H and O–H groups in total. The Hall–Kier alpha value is -1.85. The lowest BCUT2D eigenvalue weighted by molar-refractivity contribution is -0.141. The SMILES string of the molecule is O=C(O)[C@H]1CC[C@@H](C(=O)NCCc2cnc[nH]2)C1. The third-order valence-electron chi connectivity index (χ3n) is 3.40. The number of aromatic amines is 1. The number of rotatable bonds is 5. The van der Waals surface area contributed by atoms with Gasteiger partial charge >= 0.3 is 5.97 Å². The predicted octanol–water partition coefficient (Wildman–Crippen LogP) is 0.569. The van der Waals surface area contributed by atoms with Gasteiger partial charge in [-0.25, -0.2) is 4.98 Å². The number of nitrogens with one attached hydrogen (secondary N) is 2. The standard InChI is InChI=1S/C12H17N3O3/c16-11(8-1-2-9(5-8)12(17)18)14-4-3-10-6-13-7-15-10/h6-9H,1-5H2,(H,13,15)(H,14,16)(H,17,18)/t8-,9+/m1/s1. The lowest BCUT2D eigenvalue weighted by Crippen LogP contribution is -2.31. The zero-order valence-electron chi connectivity index (χ0n) is 10.1. The number of H-pyrrole nitrogens is 1. The zero-order chi connectivity index (χ0) is 13.0. The van der Waals surface area contributed by atoms with Crippen LogP contribution in [0.15, 0.2) is 12.5 Å². The van der Waals surface area contributed by atoms with Crippen LogP contribution in [0.4, 0.5) is 0 Å². The third-order valence-corrected chi connectivity index (χ3v) is 3.40. The van der Waals surface area contributed by atoms with E-state index in [9.17, 15) is 9.59 Å². The quantitative estimate of drug-likeness (QED) is 0.713. The van der Waals surface area contributed by atoms with E-state index in [4.69, 9.17) is 5.11 Å². The number of carbonyl (C=O) groups excluding carboxylic acids is 1. The maximum Gasteiger partial charge on any atom is 0.306 e. The van der Waals surface area contributed by atoms with Crippen LogP contribution in [0.3, 0.4) is 0 Å². The molecule has 1 aromatic heterocycles. The number of aliphatic carboxylic acids is 1. The highest BCUT2D eigenvalue weighted by atomic mass is 16.4. The first-order chi connectivity index (χ1) is 8.66. The van der Waals surface area contributed by atoms with Crippen LogP contribution in [0, 0.1) is 11.8 Å². The summed E-state index contributed by atoms with van der Waals surface area (Å²) < 4.78 is 0. The van der Waals surface area contributed by atoms with Crippen LogP contribution in [0.2, 0.25) is 0 Å². The first-order valence-corrected chi connectivity index (χ1v) is 6.14. The predicted molar refractivity (Wildman–Crippen MR) is 63.8 cm³/mol. The summed E-state index contributed by atoms with van der Waals surface area (Å²) in [5.41, 5.74) is 0.977. The van der Waals surface area contributed by atoms with Gasteiger partial charge in [-0.3, -0.25) is 9.59 Å². The summed E-state index contributed by atoms with van der Waals surface area (Å²) in [5, 5.41) is 11.7. The van der Waals surface area contributed by atoms with Crippen LogP contribution in [-0.4, -0.2) is 33.5 Å². The molecule has 2 atom stereocenters. The monoisotopic (exact) mass is 251 g/mol. The van der Waals surface area contributed by atoms with Crippen LogP contribution < -0.4 is 5.32 Å². The molecule has 0 aliphatic heterocycles. The van der Waals surface area contributed by atoms with Gasteiger partial charge in [0.1, 0.15) is 0 Å². The van der Waals surface area contributed by atoms with E-state index in [2.05, 4.69) is 15.3 Å². The van der Waals surface area contributed by atoms with Gasteiger partial charge in [-0.15, -0.1) is 0 Å². The highest BCUT2D eigenvalue weighted by molar-refractivity contribution is 5.80. The Morgan fingerprint density at radius 1 is 1.44 bits per heavy atom. The van der Waals surface area contributed by atoms with Crippen molar-refractivity contribution in [3.05, 3.63) is 18.2 Å². The van der Waals surface area contributed by atoms with Gasteiger partial charge in [-0.2, -0.15) is 0 Å². The van der Waals surface area contributed by atoms with Crippen LogP contribution in [0.5, 0.6) is 0 Å². The molecule has 2 rings (SSSR count). The van der Waals surface area contributed by atoms with Crippen LogP contribution in [0.25, 0.3) is 0 Å². The third kappa shape index (κ3) is 3.09. The Labute approximate surface area is 105 Å². The van der Waals surface area contributed by atoms with E-state index in [0.29, 0.717) is 32.2 Å². The fourth-order valence-electron chi connectivity index (χ4n) is 2.33. The van der Waals surface area contributed by atoms with Crippen molar-refractivity contribution in [2.45, 2.75) is 25.7 Å². The molecule has 0 bridgehead atoms. The van der Waals surface area contributed by atoms with E-state index < -0.39 is 5.97 Å². The molecule has 0 unspecified atom stereocenters. The van der Waals surface area contributed by atoms with Gasteiger partial charge in [-0.05, 0) is 19.3 Å². The van der Waals surface area contributed by atoms with Gasteiger partial charge in [0.25, 0.3) is 0 Å². The average Bonchev–Trinajstić information content (AvgIpc) is 2.99. The van der Waals surface area contributed by atoms with Gasteiger partial charge < -0.3 is 15.4 Å². The molecule has 1 aliphatic rings. The molecule has 6 heteroatoms. The van der Waals surface area contributed by atoms with Crippen molar-refractivity contribution in [3.63, 3.8) is 0 Å². The lowest BCUT2D eigenvalue weighted by Gasteiger charge is -2.10. The first kappa shape index (κ1) is 12.6. The smallest absolute Gasteiger partial charge is 0.306 e. The highest BCUT2D eigenvalue weighted by Crippen LogP contribution is 2.30. The summed E-state index contributed by atoms with van der Waals surface area (Å²) >= 11 is 0. The van der Waals surface area contributed by atoms with Crippen LogP contribution >= 0.6 is 0 Å². The maximum absolute atomic E-state index is 11.8. The fraction of sp³-hybridized carbons (Fsp3) is 0.583. The minimum absolute atomic E-state index is 0.0294. The molecule has 1 fully saturated rings. The molecule has 0 spiro atoms. The Balaban J connectivity index is 1.71. The van der Waals surface area contributed by atoms with Crippen LogP contribution in [-0.2, 0) is 16.0 Å². The van der Waals surface area contributed by atoms with Gasteiger partial charge in [0.2, 0.25) is 5.91 Å². The average molecular weight is 251 g/mol. The van der Waals surface area contributed by atoms with E-state index in [1.807, 2.05) is 0 Å². The lowest BCUT2D eigenvalue weighted by atomic mass is 10.0. The Morgan fingerprint density at radius 3 is 2.83 bits per heavy atom. The summed E-state index contributed by atoms with van der Waals surface area (Å²) in [4.78, 5) is 29.5. The molecular formula is C12H17N3O3. The first-order valence-electron chi connectivity index (χ1n) is 6.14. The van der Waals surface area contributed by atoms with Gasteiger partial charge in [0.05, 0.1) is 12.2 Å². The topological polar surface area (TPSA) is 95.1 Å². The second-order valence-corrected chi connectivity index (χ2v) is 4.66. The summed E-state index contributed by atoms with van der Waals surface area (Å²) in [6.45, 7) is 0.551. The van der Waals surface area contributed by atoms with Crippen molar-refractivity contribution in [2.75, 3.05) is 6.54 Å². The minimum Gasteiger partial charge on any atom is -0.481 e. The number of hydrogen-bond acceptors (Lipinski definition) is 3. The number of aromatic nitrogens is 2. The second-order valence-electron chi connectivity index (χ2n) is 4.66. The largest absolute Gasteiger partial charge is 0.481 e. The highest BCUT2D eigenvalue weighted by Gasteiger charge is 2.33. The van der Waals surface area contributed by atoms with Crippen molar-refractivity contribution in [1.82, 2.24) is 15.3 Å². The molecule has 98 valence electrons. The van der Waals surface area contributed by atoms with Gasteiger partial charge in [0.15, 0.2) is 0 Å². The van der Waals surface area contributed by atoms with Crippen molar-refractivity contribution in [3.8, 4) is 0 Å². The van der Waals surface area contributed by atoms with Gasteiger partial charge in [0, 0.05) is 30.8 Å². The summed E-state index contributed by atoms with van der Waals surface area (Å²) in [6, 6.07) is 0. The summed E-state index contributed by atoms with van der Waals surface area (Å²) in [6.07, 6.45) is 5.78. The van der Waals surface area contributed by atoms with E-state index in [1.165, 1.54) is 0 Å². The normalized spacial score (nSPS) is 22.9. The van der Waals surface area contributed by atoms with Crippen molar-refractivity contribution >= 4 is 11.9 Å². The summed E-state index contributed by atoms with van der Waals surface area (Å²) in [5.74, 6) is -1.32. The molecule has 1 saturated carbocycles. The fourth-order valence-corrected chi connectivity index (χ4v) is 2.33. The number of carboxylic acids is 1. The van der Waals surface area contributed by atoms with E-state index >= 15 is 0 Å². The van der Waals surface area contributed by atoms with Crippen molar-refractivity contribution in [1.29, 1.82) is 0 Å². The molecular weight excluding hydrogens is 234 g/mol. The van der Waals surface area contributed by atoms with Crippen LogP contribution in [0.1, 0.15) is 25.0 Å². The Kier molecular flexibility index (Phi) is 3.96. The van der Waals surface area contributed by atoms with E-state index in [0.717, 1.165) is 5.69 Å². The molecule has 0 radical (unpaired) electrons. The number of carboxylic acid groups (broad SMARTS) is 1. The molecule has 0 aromatic carbocycles. The molecule has 1 aromatic rings. The number of hydrogen-bond donors (Lipinski definition) is 3. The van der Waals surface area contributed by atoms with Gasteiger partial charge in [-0.1, -0.05) is 0 Å². The molecule has 1 amide bonds. The molecule has 18 heavy (non-hydrogen) atoms. The van der Waals surface area contributed by atoms with Crippen molar-refractivity contribution < 1.29 is 14.7 Å². The minimum atomic E-state index is -0.789. The summed E-state index contributed by atoms with van der Waals surface area (Å²) in [7, 11) is 0. The Bertz CT molecular complexity index is 416. The molecule has 1 heterocycles. The van der Waals surface area contributed by atoms with E-state index in [1.54, 1.807) is 12.5 Å². The zero-order valence-corrected chi connectivity index (χ0v) is 10.1. The number of carbonyl (C=O) groups is 2.